The molecule has 322 valence electrons. The smallest absolute Gasteiger partial charge is 0.227 e. The Kier molecular flexibility index (Phi) is 8.53. The molecule has 1 N–H and O–H groups in total. The van der Waals surface area contributed by atoms with E-state index in [1.165, 1.54) is 92.0 Å². The molecular weight excluding hydrogens is 810 g/mol. The van der Waals surface area contributed by atoms with Crippen LogP contribution < -0.4 is 16.2 Å². The molecule has 1 aliphatic carbocycles. The minimum Gasteiger partial charge on any atom is -0.436 e. The van der Waals surface area contributed by atoms with E-state index in [1.54, 1.807) is 0 Å². The molecule has 0 amide bonds. The average Bonchev–Trinajstić information content (AvgIpc) is 3.97. The topological polar surface area (TPSA) is 43.0 Å². The molecule has 4 heterocycles. The minimum absolute atomic E-state index is 0.0159. The van der Waals surface area contributed by atoms with Crippen LogP contribution in [0.15, 0.2) is 126 Å². The van der Waals surface area contributed by atoms with E-state index in [0.29, 0.717) is 5.89 Å². The second-order valence-corrected chi connectivity index (χ2v) is 23.4. The molecule has 0 atom stereocenters. The molecule has 4 nitrogen and oxygen atoms in total. The molecule has 0 fully saturated rings. The lowest BCUT2D eigenvalue weighted by atomic mass is 9.58. The van der Waals surface area contributed by atoms with E-state index in [0.717, 1.165) is 48.2 Å². The van der Waals surface area contributed by atoms with Gasteiger partial charge in [-0.15, -0.1) is 11.3 Å². The molecule has 3 aromatic heterocycles. The Morgan fingerprint density at radius 1 is 0.692 bits per heavy atom. The second-order valence-electron chi connectivity index (χ2n) is 22.4. The third kappa shape index (κ3) is 6.19. The quantitative estimate of drug-likeness (QED) is 0.179. The van der Waals surface area contributed by atoms with Crippen molar-refractivity contribution in [3.05, 3.63) is 144 Å². The van der Waals surface area contributed by atoms with Crippen molar-refractivity contribution in [1.82, 2.24) is 9.55 Å². The Hall–Kier alpha value is -6.11. The molecule has 7 aromatic carbocycles. The first kappa shape index (κ1) is 40.4. The van der Waals surface area contributed by atoms with Crippen LogP contribution >= 0.6 is 11.3 Å². The summed E-state index contributed by atoms with van der Waals surface area (Å²) in [6.45, 7) is 23.6. The van der Waals surface area contributed by atoms with E-state index < -0.39 is 0 Å². The number of aromatic nitrogens is 2. The number of nitrogens with zero attached hydrogens (tertiary/aromatic N) is 2. The van der Waals surface area contributed by atoms with Gasteiger partial charge in [-0.05, 0) is 128 Å². The Morgan fingerprint density at radius 3 is 2.09 bits per heavy atom. The van der Waals surface area contributed by atoms with Crippen LogP contribution in [0.4, 0.5) is 11.4 Å². The van der Waals surface area contributed by atoms with Crippen molar-refractivity contribution in [1.29, 1.82) is 0 Å². The summed E-state index contributed by atoms with van der Waals surface area (Å²) in [5.74, 6) is 0.649. The fourth-order valence-electron chi connectivity index (χ4n) is 11.1. The van der Waals surface area contributed by atoms with Gasteiger partial charge in [0.15, 0.2) is 12.9 Å². The van der Waals surface area contributed by atoms with Gasteiger partial charge in [0.2, 0.25) is 5.89 Å². The lowest BCUT2D eigenvalue weighted by Crippen LogP contribution is -2.37. The van der Waals surface area contributed by atoms with Crippen molar-refractivity contribution in [2.45, 2.75) is 104 Å². The third-order valence-electron chi connectivity index (χ3n) is 15.0. The number of hydrogen-bond acceptors (Lipinski definition) is 4. The highest BCUT2D eigenvalue weighted by atomic mass is 32.1. The number of oxazole rings is 1. The first-order valence-electron chi connectivity index (χ1n) is 23.5. The van der Waals surface area contributed by atoms with E-state index in [2.05, 4.69) is 182 Å². The lowest BCUT2D eigenvalue weighted by molar-refractivity contribution is 0.332. The molecule has 2 aliphatic rings. The van der Waals surface area contributed by atoms with Gasteiger partial charge in [-0.1, -0.05) is 129 Å². The maximum Gasteiger partial charge on any atom is 0.227 e. The van der Waals surface area contributed by atoms with Crippen LogP contribution in [-0.2, 0) is 21.7 Å². The van der Waals surface area contributed by atoms with Crippen molar-refractivity contribution >= 4 is 94.0 Å². The van der Waals surface area contributed by atoms with E-state index in [1.807, 2.05) is 29.5 Å². The largest absolute Gasteiger partial charge is 0.436 e. The Morgan fingerprint density at radius 2 is 1.37 bits per heavy atom. The molecular formula is C59H56BN3OS. The standard InChI is InChI=1S/C59H56BN3OS/c1-56(2,3)34-20-23-36(24-21-34)61-43-30-41-40(58(7,8)26-27-59(41,9)10)29-38(43)49-50-37-18-14-15-19-48(37)65-54(50)51-39-28-35(57(4,5)6)22-25-45(39)63-46-32-47-44(31-42(46)60-52(49)53(51)63)62-55(64-47)33-16-12-11-13-17-33/h11-25,28-32,60-61H,26-27H2,1-10H3. The van der Waals surface area contributed by atoms with Gasteiger partial charge in [-0.2, -0.15) is 0 Å². The Balaban J connectivity index is 1.23. The molecule has 0 saturated carbocycles. The molecule has 0 spiro atoms. The first-order valence-corrected chi connectivity index (χ1v) is 24.3. The maximum absolute atomic E-state index is 6.62. The van der Waals surface area contributed by atoms with E-state index in [-0.39, 0.29) is 21.7 Å². The van der Waals surface area contributed by atoms with Crippen LogP contribution in [0.1, 0.15) is 104 Å². The predicted octanol–water partition coefficient (Wildman–Crippen LogP) is 15.0. The van der Waals surface area contributed by atoms with Crippen LogP contribution in [0.25, 0.3) is 81.3 Å². The van der Waals surface area contributed by atoms with Crippen LogP contribution in [0.5, 0.6) is 0 Å². The number of hydrogen-bond donors (Lipinski definition) is 1. The monoisotopic (exact) mass is 865 g/mol. The highest BCUT2D eigenvalue weighted by Gasteiger charge is 2.39. The molecule has 1 aliphatic heterocycles. The van der Waals surface area contributed by atoms with Crippen LogP contribution in [0.2, 0.25) is 0 Å². The number of anilines is 2. The zero-order valence-electron chi connectivity index (χ0n) is 39.4. The number of benzene rings is 7. The fraction of sp³-hybridized carbons (Fsp3) is 0.271. The first-order chi connectivity index (χ1) is 30.9. The number of thiophene rings is 1. The van der Waals surface area contributed by atoms with Gasteiger partial charge in [-0.25, -0.2) is 4.98 Å². The third-order valence-corrected chi connectivity index (χ3v) is 16.2. The Labute approximate surface area is 387 Å². The van der Waals surface area contributed by atoms with Gasteiger partial charge in [0.25, 0.3) is 0 Å². The number of rotatable bonds is 4. The molecule has 6 heteroatoms. The summed E-state index contributed by atoms with van der Waals surface area (Å²) >= 11 is 1.95. The molecule has 0 unspecified atom stereocenters. The van der Waals surface area contributed by atoms with Gasteiger partial charge < -0.3 is 14.3 Å². The number of nitrogens with one attached hydrogen (secondary N) is 1. The van der Waals surface area contributed by atoms with E-state index in [4.69, 9.17) is 9.40 Å². The fourth-order valence-corrected chi connectivity index (χ4v) is 12.4. The zero-order chi connectivity index (χ0) is 44.9. The molecule has 0 saturated heterocycles. The minimum atomic E-state index is -0.0159. The maximum atomic E-state index is 6.62. The molecule has 65 heavy (non-hydrogen) atoms. The molecule has 0 bridgehead atoms. The van der Waals surface area contributed by atoms with Crippen LogP contribution in [0.3, 0.4) is 0 Å². The van der Waals surface area contributed by atoms with Gasteiger partial charge >= 0.3 is 0 Å². The summed E-state index contributed by atoms with van der Waals surface area (Å²) < 4.78 is 11.9. The molecule has 10 aromatic rings. The molecule has 12 rings (SSSR count). The number of fused-ring (bicyclic) bond motifs is 11. The van der Waals surface area contributed by atoms with Gasteiger partial charge in [0, 0.05) is 65.2 Å². The van der Waals surface area contributed by atoms with Crippen molar-refractivity contribution in [3.63, 3.8) is 0 Å². The van der Waals surface area contributed by atoms with Crippen LogP contribution in [-0.4, -0.2) is 16.8 Å². The summed E-state index contributed by atoms with van der Waals surface area (Å²) in [7, 11) is 0.763. The summed E-state index contributed by atoms with van der Waals surface area (Å²) in [5, 5.41) is 9.41. The zero-order valence-corrected chi connectivity index (χ0v) is 40.2. The van der Waals surface area contributed by atoms with Crippen molar-refractivity contribution in [2.24, 2.45) is 0 Å². The van der Waals surface area contributed by atoms with E-state index in [9.17, 15) is 0 Å². The highest BCUT2D eigenvalue weighted by molar-refractivity contribution is 7.27. The van der Waals surface area contributed by atoms with E-state index >= 15 is 0 Å². The second kappa shape index (κ2) is 13.7. The summed E-state index contributed by atoms with van der Waals surface area (Å²) in [6.07, 6.45) is 2.30. The summed E-state index contributed by atoms with van der Waals surface area (Å²) in [5.41, 5.74) is 19.5. The lowest BCUT2D eigenvalue weighted by Gasteiger charge is -2.42. The highest BCUT2D eigenvalue weighted by Crippen LogP contribution is 2.53. The van der Waals surface area contributed by atoms with Gasteiger partial charge in [0.1, 0.15) is 5.52 Å². The normalized spacial score (nSPS) is 15.5. The summed E-state index contributed by atoms with van der Waals surface area (Å²) in [4.78, 5) is 5.12. The SMILES string of the molecule is CC(C)(C)c1ccc(Nc2cc3c(cc2-c2c4c5c(c6cc(C(C)(C)C)ccc6n5-c5cc6oc(-c7ccccc7)nc6cc5B4)c4sc5ccccc5c24)C(C)(C)CCC3(C)C)cc1. The van der Waals surface area contributed by atoms with Crippen LogP contribution in [0, 0.1) is 0 Å². The average molecular weight is 866 g/mol. The molecule has 0 radical (unpaired) electrons. The van der Waals surface area contributed by atoms with Crippen molar-refractivity contribution in [3.8, 4) is 28.3 Å². The van der Waals surface area contributed by atoms with Gasteiger partial charge in [-0.3, -0.25) is 0 Å². The van der Waals surface area contributed by atoms with Crippen molar-refractivity contribution in [2.75, 3.05) is 5.32 Å². The summed E-state index contributed by atoms with van der Waals surface area (Å²) in [6, 6.07) is 45.5. The Bertz CT molecular complexity index is 3610. The van der Waals surface area contributed by atoms with Crippen molar-refractivity contribution < 1.29 is 4.42 Å². The van der Waals surface area contributed by atoms with Gasteiger partial charge in [0.05, 0.1) is 11.0 Å². The predicted molar refractivity (Wildman–Crippen MR) is 281 cm³/mol.